The summed E-state index contributed by atoms with van der Waals surface area (Å²) >= 11 is 0. The van der Waals surface area contributed by atoms with Crippen LogP contribution in [0.3, 0.4) is 0 Å². The van der Waals surface area contributed by atoms with E-state index >= 15 is 0 Å². The molecule has 0 saturated heterocycles. The molecule has 0 radical (unpaired) electrons. The zero-order valence-corrected chi connectivity index (χ0v) is 9.35. The Labute approximate surface area is 91.3 Å². The van der Waals surface area contributed by atoms with Crippen molar-refractivity contribution in [1.29, 1.82) is 0 Å². The van der Waals surface area contributed by atoms with Crippen molar-refractivity contribution in [3.63, 3.8) is 0 Å². The first-order chi connectivity index (χ1) is 7.24. The Hall–Kier alpha value is -1.15. The molecule has 1 aromatic rings. The van der Waals surface area contributed by atoms with Crippen molar-refractivity contribution in [2.24, 2.45) is 5.92 Å². The summed E-state index contributed by atoms with van der Waals surface area (Å²) in [5.74, 6) is 0.284. The van der Waals surface area contributed by atoms with Crippen LogP contribution in [-0.4, -0.2) is 12.4 Å². The van der Waals surface area contributed by atoms with Crippen molar-refractivity contribution < 1.29 is 9.53 Å². The highest BCUT2D eigenvalue weighted by Gasteiger charge is 2.11. The number of carbonyl (C=O) groups excluding carboxylic acids is 1. The van der Waals surface area contributed by atoms with Gasteiger partial charge in [0.25, 0.3) is 0 Å². The van der Waals surface area contributed by atoms with Crippen LogP contribution in [-0.2, 0) is 16.1 Å². The number of hydrogen-bond donors (Lipinski definition) is 0. The predicted octanol–water partition coefficient (Wildman–Crippen LogP) is 2.82. The van der Waals surface area contributed by atoms with E-state index in [1.165, 1.54) is 5.56 Å². The maximum absolute atomic E-state index is 10.3. The topological polar surface area (TPSA) is 26.3 Å². The average molecular weight is 206 g/mol. The minimum atomic E-state index is 0.121. The maximum atomic E-state index is 10.3. The lowest BCUT2D eigenvalue weighted by Gasteiger charge is -2.18. The minimum Gasteiger partial charge on any atom is -0.374 e. The van der Waals surface area contributed by atoms with Crippen LogP contribution in [0.5, 0.6) is 0 Å². The fourth-order valence-corrected chi connectivity index (χ4v) is 1.31. The van der Waals surface area contributed by atoms with Crippen LogP contribution in [0.15, 0.2) is 30.3 Å². The summed E-state index contributed by atoms with van der Waals surface area (Å²) in [4.78, 5) is 10.3. The van der Waals surface area contributed by atoms with E-state index < -0.39 is 0 Å². The highest BCUT2D eigenvalue weighted by Crippen LogP contribution is 2.12. The summed E-state index contributed by atoms with van der Waals surface area (Å²) in [7, 11) is 0. The molecule has 1 aromatic carbocycles. The second kappa shape index (κ2) is 6.36. The molecule has 0 aromatic heterocycles. The van der Waals surface area contributed by atoms with E-state index in [-0.39, 0.29) is 12.0 Å². The highest BCUT2D eigenvalue weighted by molar-refractivity contribution is 5.49. The smallest absolute Gasteiger partial charge is 0.120 e. The van der Waals surface area contributed by atoms with Crippen molar-refractivity contribution in [2.45, 2.75) is 33.0 Å². The van der Waals surface area contributed by atoms with Crippen molar-refractivity contribution in [2.75, 3.05) is 0 Å². The van der Waals surface area contributed by atoms with Gasteiger partial charge in [0.15, 0.2) is 0 Å². The van der Waals surface area contributed by atoms with Crippen molar-refractivity contribution >= 4 is 6.29 Å². The quantitative estimate of drug-likeness (QED) is 0.669. The zero-order chi connectivity index (χ0) is 11.1. The second-order valence-corrected chi connectivity index (χ2v) is 3.88. The molecule has 0 bridgehead atoms. The van der Waals surface area contributed by atoms with Gasteiger partial charge in [0.1, 0.15) is 6.29 Å². The van der Waals surface area contributed by atoms with Crippen LogP contribution >= 0.6 is 0 Å². The van der Waals surface area contributed by atoms with Gasteiger partial charge >= 0.3 is 0 Å². The van der Waals surface area contributed by atoms with Gasteiger partial charge in [-0.05, 0) is 18.4 Å². The van der Waals surface area contributed by atoms with E-state index in [2.05, 4.69) is 0 Å². The molecular formula is C13H18O2. The Kier molecular flexibility index (Phi) is 5.05. The van der Waals surface area contributed by atoms with Crippen LogP contribution in [0.25, 0.3) is 0 Å². The molecule has 2 atom stereocenters. The normalized spacial score (nSPS) is 14.5. The lowest BCUT2D eigenvalue weighted by atomic mass is 10.0. The number of ether oxygens (including phenoxy) is 1. The predicted molar refractivity (Wildman–Crippen MR) is 60.5 cm³/mol. The third kappa shape index (κ3) is 4.26. The van der Waals surface area contributed by atoms with Gasteiger partial charge in [-0.1, -0.05) is 37.3 Å². The van der Waals surface area contributed by atoms with Crippen molar-refractivity contribution in [3.05, 3.63) is 35.9 Å². The van der Waals surface area contributed by atoms with E-state index in [1.807, 2.05) is 44.2 Å². The Morgan fingerprint density at radius 1 is 1.27 bits per heavy atom. The summed E-state index contributed by atoms with van der Waals surface area (Å²) in [5, 5.41) is 0. The monoisotopic (exact) mass is 206 g/mol. The standard InChI is InChI=1S/C13H18O2/c1-11(8-9-14)12(2)15-10-13-6-4-3-5-7-13/h3-7,9,11-12H,8,10H2,1-2H3/t11-,12+/m1/s1. The molecule has 1 rings (SSSR count). The van der Waals surface area contributed by atoms with Gasteiger partial charge in [-0.15, -0.1) is 0 Å². The SMILES string of the molecule is C[C@H](CC=O)[C@H](C)OCc1ccccc1. The van der Waals surface area contributed by atoms with Gasteiger partial charge in [0, 0.05) is 6.42 Å². The summed E-state index contributed by atoms with van der Waals surface area (Å²) in [6.45, 7) is 4.66. The molecule has 0 aliphatic carbocycles. The molecule has 0 amide bonds. The Morgan fingerprint density at radius 2 is 1.93 bits per heavy atom. The molecule has 0 saturated carbocycles. The van der Waals surface area contributed by atoms with Gasteiger partial charge in [0.05, 0.1) is 12.7 Å². The van der Waals surface area contributed by atoms with E-state index in [4.69, 9.17) is 4.74 Å². The molecule has 0 aliphatic rings. The molecule has 0 fully saturated rings. The Balaban J connectivity index is 2.34. The number of aldehydes is 1. The molecule has 82 valence electrons. The number of benzene rings is 1. The van der Waals surface area contributed by atoms with Crippen LogP contribution in [0.2, 0.25) is 0 Å². The first-order valence-corrected chi connectivity index (χ1v) is 5.33. The van der Waals surface area contributed by atoms with Gasteiger partial charge < -0.3 is 9.53 Å². The third-order valence-electron chi connectivity index (χ3n) is 2.63. The van der Waals surface area contributed by atoms with Gasteiger partial charge in [-0.2, -0.15) is 0 Å². The van der Waals surface area contributed by atoms with Gasteiger partial charge in [0.2, 0.25) is 0 Å². The van der Waals surface area contributed by atoms with Crippen LogP contribution < -0.4 is 0 Å². The maximum Gasteiger partial charge on any atom is 0.120 e. The first kappa shape index (κ1) is 11.9. The molecule has 15 heavy (non-hydrogen) atoms. The van der Waals surface area contributed by atoms with Crippen LogP contribution in [0.4, 0.5) is 0 Å². The molecule has 0 spiro atoms. The third-order valence-corrected chi connectivity index (χ3v) is 2.63. The fraction of sp³-hybridized carbons (Fsp3) is 0.462. The van der Waals surface area contributed by atoms with Crippen LogP contribution in [0, 0.1) is 5.92 Å². The summed E-state index contributed by atoms with van der Waals surface area (Å²) in [6, 6.07) is 10.1. The molecule has 2 nitrogen and oxygen atoms in total. The molecule has 0 heterocycles. The number of carbonyl (C=O) groups is 1. The van der Waals surface area contributed by atoms with E-state index in [9.17, 15) is 4.79 Å². The van der Waals surface area contributed by atoms with Crippen LogP contribution in [0.1, 0.15) is 25.8 Å². The van der Waals surface area contributed by atoms with E-state index in [0.29, 0.717) is 13.0 Å². The lowest BCUT2D eigenvalue weighted by molar-refractivity contribution is -0.109. The van der Waals surface area contributed by atoms with Crippen molar-refractivity contribution in [3.8, 4) is 0 Å². The highest BCUT2D eigenvalue weighted by atomic mass is 16.5. The molecule has 2 heteroatoms. The zero-order valence-electron chi connectivity index (χ0n) is 9.35. The molecule has 0 aliphatic heterocycles. The number of rotatable bonds is 6. The first-order valence-electron chi connectivity index (χ1n) is 5.33. The van der Waals surface area contributed by atoms with Crippen molar-refractivity contribution in [1.82, 2.24) is 0 Å². The summed E-state index contributed by atoms with van der Waals surface area (Å²) < 4.78 is 5.68. The van der Waals surface area contributed by atoms with E-state index in [1.54, 1.807) is 0 Å². The molecule has 0 N–H and O–H groups in total. The minimum absolute atomic E-state index is 0.121. The Morgan fingerprint density at radius 3 is 2.53 bits per heavy atom. The lowest BCUT2D eigenvalue weighted by Crippen LogP contribution is -2.18. The summed E-state index contributed by atoms with van der Waals surface area (Å²) in [6.07, 6.45) is 1.64. The Bertz CT molecular complexity index is 282. The van der Waals surface area contributed by atoms with E-state index in [0.717, 1.165) is 6.29 Å². The fourth-order valence-electron chi connectivity index (χ4n) is 1.31. The molecular weight excluding hydrogens is 188 g/mol. The second-order valence-electron chi connectivity index (χ2n) is 3.88. The largest absolute Gasteiger partial charge is 0.374 e. The number of hydrogen-bond acceptors (Lipinski definition) is 2. The average Bonchev–Trinajstić information content (AvgIpc) is 2.27. The van der Waals surface area contributed by atoms with Gasteiger partial charge in [-0.25, -0.2) is 0 Å². The molecule has 0 unspecified atom stereocenters. The summed E-state index contributed by atoms with van der Waals surface area (Å²) in [5.41, 5.74) is 1.17. The van der Waals surface area contributed by atoms with Gasteiger partial charge in [-0.3, -0.25) is 0 Å².